The molecule has 1 aromatic heterocycles. The maximum atomic E-state index is 13.5. The summed E-state index contributed by atoms with van der Waals surface area (Å²) >= 11 is 0. The van der Waals surface area contributed by atoms with Gasteiger partial charge in [-0.05, 0) is 18.2 Å². The van der Waals surface area contributed by atoms with Gasteiger partial charge in [-0.2, -0.15) is 0 Å². The summed E-state index contributed by atoms with van der Waals surface area (Å²) in [6.45, 7) is 0.281. The molecule has 0 aliphatic rings. The minimum absolute atomic E-state index is 0.0901. The van der Waals surface area contributed by atoms with Crippen molar-refractivity contribution in [2.45, 2.75) is 6.54 Å². The van der Waals surface area contributed by atoms with E-state index in [0.717, 1.165) is 6.07 Å². The molecule has 6 heteroatoms. The molecule has 0 radical (unpaired) electrons. The summed E-state index contributed by atoms with van der Waals surface area (Å²) in [5, 5.41) is 15.0. The zero-order valence-electron chi connectivity index (χ0n) is 8.68. The number of anilines is 1. The van der Waals surface area contributed by atoms with Crippen molar-refractivity contribution in [1.29, 1.82) is 0 Å². The second kappa shape index (κ2) is 4.65. The Bertz CT molecular complexity index is 526. The van der Waals surface area contributed by atoms with Crippen molar-refractivity contribution in [1.82, 2.24) is 5.16 Å². The predicted octanol–water partition coefficient (Wildman–Crippen LogP) is 2.12. The molecule has 0 fully saturated rings. The van der Waals surface area contributed by atoms with E-state index in [-0.39, 0.29) is 17.8 Å². The topological polar surface area (TPSA) is 75.4 Å². The second-order valence-electron chi connectivity index (χ2n) is 3.33. The fourth-order valence-electron chi connectivity index (χ4n) is 1.31. The number of rotatable bonds is 4. The minimum atomic E-state index is -1.16. The quantitative estimate of drug-likeness (QED) is 0.850. The van der Waals surface area contributed by atoms with Gasteiger partial charge in [0.05, 0.1) is 24.0 Å². The molecule has 0 atom stereocenters. The van der Waals surface area contributed by atoms with E-state index in [0.29, 0.717) is 5.76 Å². The summed E-state index contributed by atoms with van der Waals surface area (Å²) in [5.41, 5.74) is 0.124. The van der Waals surface area contributed by atoms with Crippen molar-refractivity contribution >= 4 is 11.7 Å². The van der Waals surface area contributed by atoms with Crippen LogP contribution in [0.15, 0.2) is 35.0 Å². The number of halogens is 1. The standard InChI is InChI=1S/C11H9FN2O3/c12-9-5-7(11(15)16)1-2-10(9)13-6-8-3-4-14-17-8/h1-5,13H,6H2,(H,15,16). The number of aromatic nitrogens is 1. The van der Waals surface area contributed by atoms with E-state index in [9.17, 15) is 9.18 Å². The van der Waals surface area contributed by atoms with Crippen molar-refractivity contribution in [3.63, 3.8) is 0 Å². The van der Waals surface area contributed by atoms with Gasteiger partial charge in [0.25, 0.3) is 0 Å². The van der Waals surface area contributed by atoms with Crippen molar-refractivity contribution in [3.8, 4) is 0 Å². The second-order valence-corrected chi connectivity index (χ2v) is 3.33. The van der Waals surface area contributed by atoms with Crippen LogP contribution in [-0.4, -0.2) is 16.2 Å². The minimum Gasteiger partial charge on any atom is -0.478 e. The van der Waals surface area contributed by atoms with Crippen LogP contribution < -0.4 is 5.32 Å². The average molecular weight is 236 g/mol. The first-order valence-electron chi connectivity index (χ1n) is 4.83. The van der Waals surface area contributed by atoms with E-state index in [1.165, 1.54) is 18.3 Å². The Kier molecular flexibility index (Phi) is 3.04. The SMILES string of the molecule is O=C(O)c1ccc(NCc2ccno2)c(F)c1. The van der Waals surface area contributed by atoms with Gasteiger partial charge in [-0.1, -0.05) is 5.16 Å². The zero-order valence-corrected chi connectivity index (χ0v) is 8.68. The Morgan fingerprint density at radius 3 is 2.88 bits per heavy atom. The smallest absolute Gasteiger partial charge is 0.335 e. The van der Waals surface area contributed by atoms with Gasteiger partial charge in [-0.3, -0.25) is 0 Å². The Hall–Kier alpha value is -2.37. The Morgan fingerprint density at radius 2 is 2.29 bits per heavy atom. The number of hydrogen-bond acceptors (Lipinski definition) is 4. The number of nitrogens with one attached hydrogen (secondary N) is 1. The largest absolute Gasteiger partial charge is 0.478 e. The van der Waals surface area contributed by atoms with Crippen LogP contribution in [0.4, 0.5) is 10.1 Å². The van der Waals surface area contributed by atoms with Gasteiger partial charge in [0.2, 0.25) is 0 Å². The normalized spacial score (nSPS) is 10.2. The van der Waals surface area contributed by atoms with Crippen molar-refractivity contribution in [2.24, 2.45) is 0 Å². The van der Waals surface area contributed by atoms with Gasteiger partial charge in [0.15, 0.2) is 5.76 Å². The van der Waals surface area contributed by atoms with E-state index < -0.39 is 11.8 Å². The lowest BCUT2D eigenvalue weighted by Crippen LogP contribution is -2.03. The molecule has 0 saturated heterocycles. The summed E-state index contributed by atoms with van der Waals surface area (Å²) in [6, 6.07) is 5.31. The van der Waals surface area contributed by atoms with Crippen LogP contribution >= 0.6 is 0 Å². The monoisotopic (exact) mass is 236 g/mol. The molecular weight excluding hydrogens is 227 g/mol. The number of carboxylic acids is 1. The van der Waals surface area contributed by atoms with Crippen LogP contribution in [0.3, 0.4) is 0 Å². The number of benzene rings is 1. The summed E-state index contributed by atoms with van der Waals surface area (Å²) in [5.74, 6) is -1.22. The predicted molar refractivity (Wildman–Crippen MR) is 57.2 cm³/mol. The fraction of sp³-hybridized carbons (Fsp3) is 0.0909. The zero-order chi connectivity index (χ0) is 12.3. The maximum absolute atomic E-state index is 13.5. The summed E-state index contributed by atoms with van der Waals surface area (Å²) in [7, 11) is 0. The van der Waals surface area contributed by atoms with Gasteiger partial charge in [-0.25, -0.2) is 9.18 Å². The van der Waals surface area contributed by atoms with Gasteiger partial charge >= 0.3 is 5.97 Å². The third kappa shape index (κ3) is 2.60. The van der Waals surface area contributed by atoms with Crippen LogP contribution in [0, 0.1) is 5.82 Å². The molecular formula is C11H9FN2O3. The molecule has 0 amide bonds. The lowest BCUT2D eigenvalue weighted by atomic mass is 10.2. The van der Waals surface area contributed by atoms with Gasteiger partial charge < -0.3 is 14.9 Å². The molecule has 1 heterocycles. The number of nitrogens with zero attached hydrogens (tertiary/aromatic N) is 1. The fourth-order valence-corrected chi connectivity index (χ4v) is 1.31. The van der Waals surface area contributed by atoms with E-state index in [2.05, 4.69) is 10.5 Å². The highest BCUT2D eigenvalue weighted by atomic mass is 19.1. The Labute approximate surface area is 95.9 Å². The van der Waals surface area contributed by atoms with E-state index in [1.807, 2.05) is 0 Å². The van der Waals surface area contributed by atoms with E-state index in [4.69, 9.17) is 9.63 Å². The molecule has 88 valence electrons. The number of aromatic carboxylic acids is 1. The molecule has 2 rings (SSSR count). The third-order valence-corrected chi connectivity index (χ3v) is 2.16. The van der Waals surface area contributed by atoms with Crippen molar-refractivity contribution in [2.75, 3.05) is 5.32 Å². The number of carbonyl (C=O) groups is 1. The van der Waals surface area contributed by atoms with Crippen LogP contribution in [-0.2, 0) is 6.54 Å². The van der Waals surface area contributed by atoms with Gasteiger partial charge in [0, 0.05) is 6.07 Å². The van der Waals surface area contributed by atoms with Gasteiger partial charge in [0.1, 0.15) is 5.82 Å². The van der Waals surface area contributed by atoms with E-state index in [1.54, 1.807) is 6.07 Å². The molecule has 0 spiro atoms. The maximum Gasteiger partial charge on any atom is 0.335 e. The van der Waals surface area contributed by atoms with Crippen molar-refractivity contribution < 1.29 is 18.8 Å². The molecule has 0 aliphatic heterocycles. The van der Waals surface area contributed by atoms with Crippen LogP contribution in [0.2, 0.25) is 0 Å². The lowest BCUT2D eigenvalue weighted by molar-refractivity contribution is 0.0696. The highest BCUT2D eigenvalue weighted by molar-refractivity contribution is 5.88. The Balaban J connectivity index is 2.09. The number of hydrogen-bond donors (Lipinski definition) is 2. The molecule has 0 aliphatic carbocycles. The Morgan fingerprint density at radius 1 is 1.47 bits per heavy atom. The molecule has 0 bridgehead atoms. The van der Waals surface area contributed by atoms with E-state index >= 15 is 0 Å². The number of carboxylic acid groups (broad SMARTS) is 1. The summed E-state index contributed by atoms with van der Waals surface area (Å²) < 4.78 is 18.3. The van der Waals surface area contributed by atoms with Gasteiger partial charge in [-0.15, -0.1) is 0 Å². The first-order valence-corrected chi connectivity index (χ1v) is 4.83. The average Bonchev–Trinajstić information content (AvgIpc) is 2.80. The lowest BCUT2D eigenvalue weighted by Gasteiger charge is -2.05. The molecule has 5 nitrogen and oxygen atoms in total. The van der Waals surface area contributed by atoms with Crippen LogP contribution in [0.25, 0.3) is 0 Å². The third-order valence-electron chi connectivity index (χ3n) is 2.16. The molecule has 2 aromatic rings. The van der Waals surface area contributed by atoms with Crippen LogP contribution in [0.1, 0.15) is 16.1 Å². The first kappa shape index (κ1) is 11.1. The summed E-state index contributed by atoms with van der Waals surface area (Å²) in [4.78, 5) is 10.6. The first-order chi connectivity index (χ1) is 8.16. The highest BCUT2D eigenvalue weighted by Crippen LogP contribution is 2.16. The molecule has 17 heavy (non-hydrogen) atoms. The molecule has 0 unspecified atom stereocenters. The highest BCUT2D eigenvalue weighted by Gasteiger charge is 2.08. The molecule has 0 saturated carbocycles. The molecule has 2 N–H and O–H groups in total. The van der Waals surface area contributed by atoms with Crippen molar-refractivity contribution in [3.05, 3.63) is 47.6 Å². The van der Waals surface area contributed by atoms with Crippen LogP contribution in [0.5, 0.6) is 0 Å². The molecule has 1 aromatic carbocycles. The summed E-state index contributed by atoms with van der Waals surface area (Å²) in [6.07, 6.45) is 1.49.